The lowest BCUT2D eigenvalue weighted by Crippen LogP contribution is -2.37. The van der Waals surface area contributed by atoms with Crippen molar-refractivity contribution in [3.05, 3.63) is 29.3 Å². The maximum atomic E-state index is 13.5. The number of anilines is 1. The molecule has 0 bridgehead atoms. The molecule has 0 aliphatic rings. The van der Waals surface area contributed by atoms with Gasteiger partial charge in [-0.15, -0.1) is 0 Å². The molecular weight excluding hydrogens is 302 g/mol. The van der Waals surface area contributed by atoms with Crippen LogP contribution < -0.4 is 10.6 Å². The number of amides is 2. The first-order valence-corrected chi connectivity index (χ1v) is 7.38. The smallest absolute Gasteiger partial charge is 0.338 e. The Bertz CT molecular complexity index is 540. The van der Waals surface area contributed by atoms with Crippen molar-refractivity contribution >= 4 is 29.4 Å². The van der Waals surface area contributed by atoms with Gasteiger partial charge in [0, 0.05) is 17.9 Å². The summed E-state index contributed by atoms with van der Waals surface area (Å²) in [4.78, 5) is 22.4. The molecular formula is C13H16F2N2O3S. The van der Waals surface area contributed by atoms with Crippen LogP contribution in [0.25, 0.3) is 0 Å². The Labute approximate surface area is 125 Å². The molecule has 21 heavy (non-hydrogen) atoms. The van der Waals surface area contributed by atoms with Gasteiger partial charge in [-0.05, 0) is 18.7 Å². The van der Waals surface area contributed by atoms with Crippen LogP contribution in [0.4, 0.5) is 19.3 Å². The van der Waals surface area contributed by atoms with Crippen LogP contribution in [0, 0.1) is 11.6 Å². The Kier molecular flexibility index (Phi) is 6.41. The molecule has 0 spiro atoms. The van der Waals surface area contributed by atoms with Gasteiger partial charge >= 0.3 is 12.0 Å². The summed E-state index contributed by atoms with van der Waals surface area (Å²) in [6.07, 6.45) is 0. The van der Waals surface area contributed by atoms with Crippen LogP contribution in [0.3, 0.4) is 0 Å². The van der Waals surface area contributed by atoms with E-state index >= 15 is 0 Å². The lowest BCUT2D eigenvalue weighted by Gasteiger charge is -2.14. The molecule has 0 saturated heterocycles. The highest BCUT2D eigenvalue weighted by Crippen LogP contribution is 2.19. The topological polar surface area (TPSA) is 78.4 Å². The van der Waals surface area contributed by atoms with Gasteiger partial charge in [0.2, 0.25) is 0 Å². The minimum absolute atomic E-state index is 0.141. The molecule has 0 aliphatic carbocycles. The van der Waals surface area contributed by atoms with Gasteiger partial charge in [0.25, 0.3) is 0 Å². The van der Waals surface area contributed by atoms with Gasteiger partial charge in [0.15, 0.2) is 0 Å². The van der Waals surface area contributed by atoms with Gasteiger partial charge < -0.3 is 15.7 Å². The minimum atomic E-state index is -1.54. The molecule has 1 aromatic rings. The molecule has 0 radical (unpaired) electrons. The van der Waals surface area contributed by atoms with Gasteiger partial charge in [0.05, 0.1) is 11.3 Å². The molecule has 0 saturated carbocycles. The third kappa shape index (κ3) is 5.22. The molecule has 5 nitrogen and oxygen atoms in total. The first-order chi connectivity index (χ1) is 9.85. The predicted octanol–water partition coefficient (Wildman–Crippen LogP) is 2.93. The van der Waals surface area contributed by atoms with Gasteiger partial charge in [-0.2, -0.15) is 11.8 Å². The summed E-state index contributed by atoms with van der Waals surface area (Å²) in [5, 5.41) is 13.5. The van der Waals surface area contributed by atoms with E-state index in [2.05, 4.69) is 10.6 Å². The Morgan fingerprint density at radius 3 is 2.57 bits per heavy atom. The number of rotatable bonds is 6. The summed E-state index contributed by atoms with van der Waals surface area (Å²) in [5.41, 5.74) is -1.09. The van der Waals surface area contributed by atoms with Crippen LogP contribution >= 0.6 is 11.8 Å². The third-order valence-electron chi connectivity index (χ3n) is 2.48. The summed E-state index contributed by atoms with van der Waals surface area (Å²) >= 11 is 1.63. The van der Waals surface area contributed by atoms with E-state index in [1.54, 1.807) is 18.7 Å². The zero-order chi connectivity index (χ0) is 16.0. The monoisotopic (exact) mass is 318 g/mol. The molecule has 0 aliphatic heterocycles. The van der Waals surface area contributed by atoms with E-state index in [0.717, 1.165) is 11.8 Å². The molecule has 1 aromatic carbocycles. The average Bonchev–Trinajstić information content (AvgIpc) is 2.39. The predicted molar refractivity (Wildman–Crippen MR) is 77.9 cm³/mol. The number of carboxylic acid groups (broad SMARTS) is 1. The summed E-state index contributed by atoms with van der Waals surface area (Å²) in [5.74, 6) is -2.18. The lowest BCUT2D eigenvalue weighted by molar-refractivity contribution is 0.0692. The lowest BCUT2D eigenvalue weighted by atomic mass is 10.2. The molecule has 0 aromatic heterocycles. The van der Waals surface area contributed by atoms with E-state index in [9.17, 15) is 18.4 Å². The number of hydrogen-bond donors (Lipinski definition) is 3. The van der Waals surface area contributed by atoms with E-state index in [4.69, 9.17) is 5.11 Å². The maximum Gasteiger partial charge on any atom is 0.338 e. The van der Waals surface area contributed by atoms with Crippen LogP contribution in [0.1, 0.15) is 24.2 Å². The highest BCUT2D eigenvalue weighted by Gasteiger charge is 2.17. The standard InChI is InChI=1S/C13H16F2N2O3S/c1-3-21-6-7(2)16-13(20)17-11-4-8(12(18)19)9(14)5-10(11)15/h4-5,7H,3,6H2,1-2H3,(H,18,19)(H2,16,17,20). The second-order valence-electron chi connectivity index (χ2n) is 4.28. The van der Waals surface area contributed by atoms with Crippen LogP contribution in [0.2, 0.25) is 0 Å². The molecule has 0 fully saturated rings. The maximum absolute atomic E-state index is 13.5. The van der Waals surface area contributed by atoms with E-state index < -0.39 is 29.2 Å². The van der Waals surface area contributed by atoms with Gasteiger partial charge in [0.1, 0.15) is 11.6 Å². The molecule has 3 N–H and O–H groups in total. The first-order valence-electron chi connectivity index (χ1n) is 6.22. The van der Waals surface area contributed by atoms with Crippen molar-refractivity contribution in [3.63, 3.8) is 0 Å². The highest BCUT2D eigenvalue weighted by molar-refractivity contribution is 7.99. The number of carbonyl (C=O) groups excluding carboxylic acids is 1. The molecule has 1 rings (SSSR count). The number of halogens is 2. The van der Waals surface area contributed by atoms with Crippen molar-refractivity contribution in [2.45, 2.75) is 19.9 Å². The number of hydrogen-bond acceptors (Lipinski definition) is 3. The van der Waals surface area contributed by atoms with E-state index in [-0.39, 0.29) is 11.7 Å². The van der Waals surface area contributed by atoms with Gasteiger partial charge in [-0.1, -0.05) is 6.92 Å². The molecule has 1 atom stereocenters. The Morgan fingerprint density at radius 2 is 2.00 bits per heavy atom. The van der Waals surface area contributed by atoms with Gasteiger partial charge in [-0.3, -0.25) is 0 Å². The molecule has 8 heteroatoms. The summed E-state index contributed by atoms with van der Waals surface area (Å²) in [6, 6.07) is 0.353. The minimum Gasteiger partial charge on any atom is -0.478 e. The van der Waals surface area contributed by atoms with E-state index in [0.29, 0.717) is 11.8 Å². The number of nitrogens with one attached hydrogen (secondary N) is 2. The number of carboxylic acids is 1. The fourth-order valence-corrected chi connectivity index (χ4v) is 2.20. The summed E-state index contributed by atoms with van der Waals surface area (Å²) < 4.78 is 26.7. The first kappa shape index (κ1) is 17.2. The van der Waals surface area contributed by atoms with Crippen molar-refractivity contribution < 1.29 is 23.5 Å². The van der Waals surface area contributed by atoms with Crippen molar-refractivity contribution in [1.29, 1.82) is 0 Å². The molecule has 0 heterocycles. The fourth-order valence-electron chi connectivity index (χ4n) is 1.53. The van der Waals surface area contributed by atoms with Crippen LogP contribution in [0.5, 0.6) is 0 Å². The Balaban J connectivity index is 2.76. The number of urea groups is 1. The van der Waals surface area contributed by atoms with Crippen molar-refractivity contribution in [2.24, 2.45) is 0 Å². The second-order valence-corrected chi connectivity index (χ2v) is 5.59. The normalized spacial score (nSPS) is 11.8. The zero-order valence-corrected chi connectivity index (χ0v) is 12.4. The number of benzene rings is 1. The van der Waals surface area contributed by atoms with Crippen LogP contribution in [-0.2, 0) is 0 Å². The fraction of sp³-hybridized carbons (Fsp3) is 0.385. The SMILES string of the molecule is CCSCC(C)NC(=O)Nc1cc(C(=O)O)c(F)cc1F. The molecule has 1 unspecified atom stereocenters. The average molecular weight is 318 g/mol. The van der Waals surface area contributed by atoms with Crippen molar-refractivity contribution in [3.8, 4) is 0 Å². The van der Waals surface area contributed by atoms with E-state index in [1.807, 2.05) is 6.92 Å². The third-order valence-corrected chi connectivity index (χ3v) is 3.63. The highest BCUT2D eigenvalue weighted by atomic mass is 32.2. The van der Waals surface area contributed by atoms with Crippen molar-refractivity contribution in [2.75, 3.05) is 16.8 Å². The summed E-state index contributed by atoms with van der Waals surface area (Å²) in [6.45, 7) is 3.77. The van der Waals surface area contributed by atoms with E-state index in [1.165, 1.54) is 0 Å². The number of thioether (sulfide) groups is 1. The molecule has 116 valence electrons. The second kappa shape index (κ2) is 7.82. The van der Waals surface area contributed by atoms with Crippen LogP contribution in [-0.4, -0.2) is 34.7 Å². The molecule has 2 amide bonds. The summed E-state index contributed by atoms with van der Waals surface area (Å²) in [7, 11) is 0. The van der Waals surface area contributed by atoms with Crippen LogP contribution in [0.15, 0.2) is 12.1 Å². The number of aromatic carboxylic acids is 1. The van der Waals surface area contributed by atoms with Gasteiger partial charge in [-0.25, -0.2) is 18.4 Å². The number of carbonyl (C=O) groups is 2. The zero-order valence-electron chi connectivity index (χ0n) is 11.6. The Hall–Kier alpha value is -1.83. The Morgan fingerprint density at radius 1 is 1.33 bits per heavy atom. The quantitative estimate of drug-likeness (QED) is 0.753. The largest absolute Gasteiger partial charge is 0.478 e. The van der Waals surface area contributed by atoms with Crippen molar-refractivity contribution in [1.82, 2.24) is 5.32 Å².